The predicted octanol–water partition coefficient (Wildman–Crippen LogP) is 2.79. The topological polar surface area (TPSA) is 57.4 Å². The van der Waals surface area contributed by atoms with E-state index in [1.54, 1.807) is 12.1 Å². The lowest BCUT2D eigenvalue weighted by atomic mass is 9.79. The van der Waals surface area contributed by atoms with Gasteiger partial charge < -0.3 is 15.0 Å². The molecule has 2 fully saturated rings. The molecule has 2 N–H and O–H groups in total. The van der Waals surface area contributed by atoms with Crippen molar-refractivity contribution in [2.75, 3.05) is 32.8 Å². The van der Waals surface area contributed by atoms with E-state index in [1.165, 1.54) is 44.2 Å². The maximum Gasteiger partial charge on any atom is 0.189 e. The molecule has 0 unspecified atom stereocenters. The second-order valence-corrected chi connectivity index (χ2v) is 7.84. The third kappa shape index (κ3) is 4.08. The van der Waals surface area contributed by atoms with E-state index in [1.807, 2.05) is 0 Å². The molecule has 27 heavy (non-hydrogen) atoms. The Bertz CT molecular complexity index is 839. The molecule has 4 rings (SSSR count). The SMILES string of the molecule is O=c1cc(CNCC2(N3CCOCC3)CCCCC2)[nH]c2ccc(F)cc12. The minimum absolute atomic E-state index is 0.138. The Morgan fingerprint density at radius 3 is 2.70 bits per heavy atom. The molecular formula is C21H28FN3O2. The highest BCUT2D eigenvalue weighted by Crippen LogP contribution is 2.33. The first-order chi connectivity index (χ1) is 13.2. The van der Waals surface area contributed by atoms with Crippen molar-refractivity contribution in [2.45, 2.75) is 44.2 Å². The second-order valence-electron chi connectivity index (χ2n) is 7.84. The Morgan fingerprint density at radius 1 is 1.15 bits per heavy atom. The molecule has 5 nitrogen and oxygen atoms in total. The number of morpholine rings is 1. The molecule has 0 amide bonds. The van der Waals surface area contributed by atoms with Crippen molar-refractivity contribution in [3.8, 4) is 0 Å². The zero-order valence-corrected chi connectivity index (χ0v) is 15.7. The van der Waals surface area contributed by atoms with Gasteiger partial charge in [0.25, 0.3) is 0 Å². The van der Waals surface area contributed by atoms with Gasteiger partial charge in [-0.3, -0.25) is 9.69 Å². The van der Waals surface area contributed by atoms with Crippen LogP contribution in [0.1, 0.15) is 37.8 Å². The van der Waals surface area contributed by atoms with Crippen molar-refractivity contribution in [3.05, 3.63) is 46.0 Å². The summed E-state index contributed by atoms with van der Waals surface area (Å²) in [6.45, 7) is 5.15. The highest BCUT2D eigenvalue weighted by molar-refractivity contribution is 5.78. The van der Waals surface area contributed by atoms with E-state index >= 15 is 0 Å². The Balaban J connectivity index is 1.46. The molecule has 1 saturated carbocycles. The summed E-state index contributed by atoms with van der Waals surface area (Å²) in [4.78, 5) is 18.2. The van der Waals surface area contributed by atoms with E-state index in [4.69, 9.17) is 4.74 Å². The maximum absolute atomic E-state index is 13.4. The van der Waals surface area contributed by atoms with E-state index in [2.05, 4.69) is 15.2 Å². The van der Waals surface area contributed by atoms with E-state index in [0.717, 1.165) is 38.5 Å². The van der Waals surface area contributed by atoms with Crippen LogP contribution in [0.15, 0.2) is 29.1 Å². The number of H-pyrrole nitrogens is 1. The molecule has 2 aromatic rings. The van der Waals surface area contributed by atoms with Crippen molar-refractivity contribution < 1.29 is 9.13 Å². The number of rotatable bonds is 5. The molecule has 6 heteroatoms. The van der Waals surface area contributed by atoms with Crippen molar-refractivity contribution in [3.63, 3.8) is 0 Å². The number of pyridine rings is 1. The highest BCUT2D eigenvalue weighted by Gasteiger charge is 2.38. The number of aromatic amines is 1. The van der Waals surface area contributed by atoms with Gasteiger partial charge in [0.15, 0.2) is 5.43 Å². The Morgan fingerprint density at radius 2 is 1.93 bits per heavy atom. The summed E-state index contributed by atoms with van der Waals surface area (Å²) in [5.74, 6) is -0.386. The number of aromatic nitrogens is 1. The zero-order chi connectivity index (χ0) is 18.7. The van der Waals surface area contributed by atoms with Crippen LogP contribution in [0.5, 0.6) is 0 Å². The van der Waals surface area contributed by atoms with Crippen LogP contribution in [-0.4, -0.2) is 48.3 Å². The second kappa shape index (κ2) is 8.09. The van der Waals surface area contributed by atoms with Gasteiger partial charge in [0.05, 0.1) is 13.2 Å². The van der Waals surface area contributed by atoms with Gasteiger partial charge in [0.1, 0.15) is 5.82 Å². The summed E-state index contributed by atoms with van der Waals surface area (Å²) >= 11 is 0. The number of ether oxygens (including phenoxy) is 1. The van der Waals surface area contributed by atoms with Crippen LogP contribution in [-0.2, 0) is 11.3 Å². The predicted molar refractivity (Wildman–Crippen MR) is 104 cm³/mol. The van der Waals surface area contributed by atoms with E-state index in [-0.39, 0.29) is 16.8 Å². The fourth-order valence-corrected chi connectivity index (χ4v) is 4.65. The van der Waals surface area contributed by atoms with Crippen LogP contribution in [0, 0.1) is 5.82 Å². The summed E-state index contributed by atoms with van der Waals surface area (Å²) in [5.41, 5.74) is 1.58. The van der Waals surface area contributed by atoms with Gasteiger partial charge in [-0.05, 0) is 31.0 Å². The maximum atomic E-state index is 13.4. The lowest BCUT2D eigenvalue weighted by Gasteiger charge is -2.48. The fourth-order valence-electron chi connectivity index (χ4n) is 4.65. The number of halogens is 1. The Hall–Kier alpha value is -1.76. The first-order valence-electron chi connectivity index (χ1n) is 10.0. The molecule has 1 aromatic heterocycles. The van der Waals surface area contributed by atoms with Crippen molar-refractivity contribution >= 4 is 10.9 Å². The van der Waals surface area contributed by atoms with E-state index in [0.29, 0.717) is 17.4 Å². The van der Waals surface area contributed by atoms with Crippen LogP contribution >= 0.6 is 0 Å². The van der Waals surface area contributed by atoms with Crippen molar-refractivity contribution in [1.29, 1.82) is 0 Å². The van der Waals surface area contributed by atoms with Gasteiger partial charge in [0.2, 0.25) is 0 Å². The summed E-state index contributed by atoms with van der Waals surface area (Å²) in [5, 5.41) is 3.99. The molecule has 0 atom stereocenters. The van der Waals surface area contributed by atoms with Crippen molar-refractivity contribution in [2.24, 2.45) is 0 Å². The van der Waals surface area contributed by atoms with Gasteiger partial charge in [-0.2, -0.15) is 0 Å². The summed E-state index contributed by atoms with van der Waals surface area (Å²) < 4.78 is 18.9. The average Bonchev–Trinajstić information content (AvgIpc) is 2.70. The number of benzene rings is 1. The molecule has 1 aliphatic carbocycles. The van der Waals surface area contributed by atoms with Gasteiger partial charge in [0, 0.05) is 54.4 Å². The quantitative estimate of drug-likeness (QED) is 0.846. The van der Waals surface area contributed by atoms with Crippen LogP contribution in [0.3, 0.4) is 0 Å². The molecule has 146 valence electrons. The minimum Gasteiger partial charge on any atom is -0.379 e. The van der Waals surface area contributed by atoms with Crippen LogP contribution in [0.2, 0.25) is 0 Å². The normalized spacial score (nSPS) is 20.8. The molecule has 2 heterocycles. The van der Waals surface area contributed by atoms with Gasteiger partial charge in [-0.25, -0.2) is 4.39 Å². The highest BCUT2D eigenvalue weighted by atomic mass is 19.1. The standard InChI is InChI=1S/C21H28FN3O2/c22-16-4-5-19-18(12-16)20(26)13-17(24-19)14-23-15-21(6-2-1-3-7-21)25-8-10-27-11-9-25/h4-5,12-13,23H,1-3,6-11,14-15H2,(H,24,26). The number of nitrogens with one attached hydrogen (secondary N) is 2. The summed E-state index contributed by atoms with van der Waals surface area (Å²) in [6, 6.07) is 5.88. The number of fused-ring (bicyclic) bond motifs is 1. The van der Waals surface area contributed by atoms with Gasteiger partial charge >= 0.3 is 0 Å². The average molecular weight is 373 g/mol. The van der Waals surface area contributed by atoms with Crippen molar-refractivity contribution in [1.82, 2.24) is 15.2 Å². The van der Waals surface area contributed by atoms with E-state index < -0.39 is 0 Å². The molecule has 0 bridgehead atoms. The number of hydrogen-bond donors (Lipinski definition) is 2. The molecule has 1 saturated heterocycles. The first kappa shape index (κ1) is 18.6. The molecule has 1 aromatic carbocycles. The van der Waals surface area contributed by atoms with Gasteiger partial charge in [-0.15, -0.1) is 0 Å². The Kier molecular flexibility index (Phi) is 5.57. The lowest BCUT2D eigenvalue weighted by Crippen LogP contribution is -2.59. The summed E-state index contributed by atoms with van der Waals surface area (Å²) in [6.07, 6.45) is 6.30. The molecule has 2 aliphatic rings. The summed E-state index contributed by atoms with van der Waals surface area (Å²) in [7, 11) is 0. The van der Waals surface area contributed by atoms with Crippen LogP contribution in [0.25, 0.3) is 10.9 Å². The van der Waals surface area contributed by atoms with E-state index in [9.17, 15) is 9.18 Å². The first-order valence-corrected chi connectivity index (χ1v) is 10.0. The third-order valence-electron chi connectivity index (χ3n) is 6.08. The van der Waals surface area contributed by atoms with Gasteiger partial charge in [-0.1, -0.05) is 19.3 Å². The molecule has 0 radical (unpaired) electrons. The monoisotopic (exact) mass is 373 g/mol. The van der Waals surface area contributed by atoms with Crippen LogP contribution < -0.4 is 10.7 Å². The fraction of sp³-hybridized carbons (Fsp3) is 0.571. The Labute approximate surface area is 158 Å². The third-order valence-corrected chi connectivity index (χ3v) is 6.08. The largest absolute Gasteiger partial charge is 0.379 e. The lowest BCUT2D eigenvalue weighted by molar-refractivity contribution is -0.0369. The minimum atomic E-state index is -0.386. The van der Waals surface area contributed by atoms with Crippen LogP contribution in [0.4, 0.5) is 4.39 Å². The number of nitrogens with zero attached hydrogens (tertiary/aromatic N) is 1. The molecule has 1 aliphatic heterocycles. The molecule has 0 spiro atoms. The molecular weight excluding hydrogens is 345 g/mol. The number of hydrogen-bond acceptors (Lipinski definition) is 4. The zero-order valence-electron chi connectivity index (χ0n) is 15.7. The smallest absolute Gasteiger partial charge is 0.189 e.